The molecule has 3 aromatic rings. The SMILES string of the molecule is [2H]C([2H])([2H])C([2H])([2H])c1ccnc(-c2ccccn2)c1-c1ccccc1. The van der Waals surface area contributed by atoms with Gasteiger partial charge in [-0.1, -0.05) is 43.3 Å². The second-order valence-electron chi connectivity index (χ2n) is 4.29. The summed E-state index contributed by atoms with van der Waals surface area (Å²) in [5.41, 5.74) is 2.23. The molecule has 0 atom stereocenters. The van der Waals surface area contributed by atoms with Crippen LogP contribution in [0.1, 0.15) is 19.3 Å². The molecular weight excluding hydrogens is 244 g/mol. The number of rotatable bonds is 3. The highest BCUT2D eigenvalue weighted by Gasteiger charge is 2.13. The number of aryl methyl sites for hydroxylation is 1. The van der Waals surface area contributed by atoms with Crippen LogP contribution in [0.3, 0.4) is 0 Å². The number of pyridine rings is 2. The van der Waals surface area contributed by atoms with E-state index in [2.05, 4.69) is 9.97 Å². The Hall–Kier alpha value is -2.48. The van der Waals surface area contributed by atoms with Crippen LogP contribution in [0, 0.1) is 0 Å². The Morgan fingerprint density at radius 1 is 0.950 bits per heavy atom. The lowest BCUT2D eigenvalue weighted by atomic mass is 9.95. The first kappa shape index (κ1) is 7.95. The van der Waals surface area contributed by atoms with Crippen molar-refractivity contribution in [3.63, 3.8) is 0 Å². The van der Waals surface area contributed by atoms with E-state index in [4.69, 9.17) is 6.85 Å². The highest BCUT2D eigenvalue weighted by Crippen LogP contribution is 2.32. The summed E-state index contributed by atoms with van der Waals surface area (Å²) in [5, 5.41) is 0. The summed E-state index contributed by atoms with van der Waals surface area (Å²) in [7, 11) is 0. The summed E-state index contributed by atoms with van der Waals surface area (Å²) in [5.74, 6) is 0. The molecule has 0 spiro atoms. The summed E-state index contributed by atoms with van der Waals surface area (Å²) >= 11 is 0. The number of nitrogens with zero attached hydrogens (tertiary/aromatic N) is 2. The topological polar surface area (TPSA) is 25.8 Å². The lowest BCUT2D eigenvalue weighted by Gasteiger charge is -2.13. The first-order valence-corrected chi connectivity index (χ1v) is 6.28. The lowest BCUT2D eigenvalue weighted by molar-refractivity contribution is 1.12. The maximum atomic E-state index is 8.22. The molecule has 3 rings (SSSR count). The number of aromatic nitrogens is 2. The molecule has 20 heavy (non-hydrogen) atoms. The molecular formula is C18H16N2. The van der Waals surface area contributed by atoms with Gasteiger partial charge in [-0.2, -0.15) is 0 Å². The second kappa shape index (κ2) is 5.66. The van der Waals surface area contributed by atoms with Crippen molar-refractivity contribution in [2.45, 2.75) is 13.2 Å². The minimum absolute atomic E-state index is 0.0781. The van der Waals surface area contributed by atoms with E-state index >= 15 is 0 Å². The van der Waals surface area contributed by atoms with Crippen LogP contribution in [0.15, 0.2) is 67.0 Å². The Kier molecular flexibility index (Phi) is 2.25. The summed E-state index contributed by atoms with van der Waals surface area (Å²) in [4.78, 5) is 8.66. The maximum Gasteiger partial charge on any atom is 0.0967 e. The van der Waals surface area contributed by atoms with Crippen molar-refractivity contribution < 1.29 is 6.85 Å². The smallest absolute Gasteiger partial charge is 0.0967 e. The predicted molar refractivity (Wildman–Crippen MR) is 82.3 cm³/mol. The fourth-order valence-electron chi connectivity index (χ4n) is 2.16. The third-order valence-corrected chi connectivity index (χ3v) is 3.06. The molecule has 0 fully saturated rings. The summed E-state index contributed by atoms with van der Waals surface area (Å²) in [6, 6.07) is 15.9. The fourth-order valence-corrected chi connectivity index (χ4v) is 2.16. The fraction of sp³-hybridized carbons (Fsp3) is 0.111. The third kappa shape index (κ3) is 2.32. The zero-order valence-corrected chi connectivity index (χ0v) is 10.7. The van der Waals surface area contributed by atoms with Crippen molar-refractivity contribution in [3.8, 4) is 22.5 Å². The minimum atomic E-state index is -2.81. The van der Waals surface area contributed by atoms with Crippen LogP contribution in [0.4, 0.5) is 0 Å². The molecule has 2 heterocycles. The van der Waals surface area contributed by atoms with E-state index in [0.717, 1.165) is 0 Å². The van der Waals surface area contributed by atoms with E-state index in [1.165, 1.54) is 12.3 Å². The van der Waals surface area contributed by atoms with E-state index in [0.29, 0.717) is 22.5 Å². The summed E-state index contributed by atoms with van der Waals surface area (Å²) < 4.78 is 39.3. The zero-order chi connectivity index (χ0) is 18.1. The molecule has 2 aromatic heterocycles. The van der Waals surface area contributed by atoms with Crippen LogP contribution < -0.4 is 0 Å². The van der Waals surface area contributed by atoms with Gasteiger partial charge in [0.15, 0.2) is 0 Å². The van der Waals surface area contributed by atoms with Gasteiger partial charge in [0, 0.05) is 24.8 Å². The van der Waals surface area contributed by atoms with Crippen LogP contribution >= 0.6 is 0 Å². The molecule has 0 saturated carbocycles. The Morgan fingerprint density at radius 3 is 2.55 bits per heavy atom. The first-order valence-electron chi connectivity index (χ1n) is 8.78. The second-order valence-corrected chi connectivity index (χ2v) is 4.29. The van der Waals surface area contributed by atoms with Crippen molar-refractivity contribution in [1.82, 2.24) is 9.97 Å². The Labute approximate surface area is 126 Å². The molecule has 0 aliphatic rings. The number of hydrogen-bond donors (Lipinski definition) is 0. The van der Waals surface area contributed by atoms with Crippen LogP contribution in [-0.4, -0.2) is 9.97 Å². The summed E-state index contributed by atoms with van der Waals surface area (Å²) in [6.45, 7) is -2.81. The van der Waals surface area contributed by atoms with Crippen LogP contribution in [0.5, 0.6) is 0 Å². The van der Waals surface area contributed by atoms with E-state index in [-0.39, 0.29) is 5.56 Å². The van der Waals surface area contributed by atoms with Gasteiger partial charge in [-0.05, 0) is 35.7 Å². The standard InChI is InChI=1S/C18H16N2/c1-2-14-11-13-20-18(16-10-6-7-12-19-16)17(14)15-8-4-3-5-9-15/h3-13H,2H2,1H3/i1D3,2D2. The molecule has 98 valence electrons. The predicted octanol–water partition coefficient (Wildman–Crippen LogP) is 4.37. The lowest BCUT2D eigenvalue weighted by Crippen LogP contribution is -1.96. The molecule has 0 bridgehead atoms. The molecule has 0 amide bonds. The van der Waals surface area contributed by atoms with Crippen LogP contribution in [0.2, 0.25) is 0 Å². The van der Waals surface area contributed by atoms with Gasteiger partial charge in [0.25, 0.3) is 0 Å². The van der Waals surface area contributed by atoms with Gasteiger partial charge in [0.2, 0.25) is 0 Å². The van der Waals surface area contributed by atoms with Crippen molar-refractivity contribution in [2.75, 3.05) is 0 Å². The van der Waals surface area contributed by atoms with E-state index in [1.807, 2.05) is 36.4 Å². The van der Waals surface area contributed by atoms with E-state index in [9.17, 15) is 0 Å². The third-order valence-electron chi connectivity index (χ3n) is 3.06. The van der Waals surface area contributed by atoms with Crippen molar-refractivity contribution in [2.24, 2.45) is 0 Å². The van der Waals surface area contributed by atoms with Crippen molar-refractivity contribution >= 4 is 0 Å². The van der Waals surface area contributed by atoms with E-state index in [1.54, 1.807) is 18.3 Å². The normalized spacial score (nSPS) is 15.5. The van der Waals surface area contributed by atoms with Crippen LogP contribution in [-0.2, 0) is 6.37 Å². The molecule has 0 saturated heterocycles. The molecule has 0 aliphatic carbocycles. The average molecular weight is 265 g/mol. The first-order chi connectivity index (χ1) is 11.8. The van der Waals surface area contributed by atoms with Gasteiger partial charge in [0.05, 0.1) is 11.4 Å². The molecule has 0 unspecified atom stereocenters. The highest BCUT2D eigenvalue weighted by molar-refractivity contribution is 5.81. The number of hydrogen-bond acceptors (Lipinski definition) is 2. The summed E-state index contributed by atoms with van der Waals surface area (Å²) in [6.07, 6.45) is 0.525. The Morgan fingerprint density at radius 2 is 1.80 bits per heavy atom. The van der Waals surface area contributed by atoms with Crippen LogP contribution in [0.25, 0.3) is 22.5 Å². The van der Waals surface area contributed by atoms with Crippen molar-refractivity contribution in [3.05, 3.63) is 72.6 Å². The van der Waals surface area contributed by atoms with Gasteiger partial charge in [-0.15, -0.1) is 0 Å². The average Bonchev–Trinajstić information content (AvgIpc) is 2.61. The van der Waals surface area contributed by atoms with Gasteiger partial charge >= 0.3 is 0 Å². The molecule has 0 N–H and O–H groups in total. The quantitative estimate of drug-likeness (QED) is 0.702. The van der Waals surface area contributed by atoms with Crippen molar-refractivity contribution in [1.29, 1.82) is 0 Å². The molecule has 2 heteroatoms. The highest BCUT2D eigenvalue weighted by atomic mass is 14.8. The monoisotopic (exact) mass is 265 g/mol. The molecule has 0 radical (unpaired) electrons. The molecule has 2 nitrogen and oxygen atoms in total. The molecule has 1 aromatic carbocycles. The van der Waals surface area contributed by atoms with Gasteiger partial charge < -0.3 is 0 Å². The van der Waals surface area contributed by atoms with Gasteiger partial charge in [-0.3, -0.25) is 9.97 Å². The van der Waals surface area contributed by atoms with Gasteiger partial charge in [0.1, 0.15) is 0 Å². The zero-order valence-electron chi connectivity index (χ0n) is 15.7. The Balaban J connectivity index is 2.34. The van der Waals surface area contributed by atoms with Gasteiger partial charge in [-0.25, -0.2) is 0 Å². The van der Waals surface area contributed by atoms with E-state index < -0.39 is 13.2 Å². The minimum Gasteiger partial charge on any atom is -0.255 e. The molecule has 0 aliphatic heterocycles. The Bertz CT molecular complexity index is 862. The number of benzene rings is 1. The largest absolute Gasteiger partial charge is 0.255 e. The maximum absolute atomic E-state index is 8.22.